The number of esters is 1. The summed E-state index contributed by atoms with van der Waals surface area (Å²) in [6, 6.07) is 16.6. The van der Waals surface area contributed by atoms with Crippen molar-refractivity contribution in [1.82, 2.24) is 0 Å². The highest BCUT2D eigenvalue weighted by Crippen LogP contribution is 2.28. The number of ketones is 1. The van der Waals surface area contributed by atoms with Crippen molar-refractivity contribution in [2.45, 2.75) is 0 Å². The van der Waals surface area contributed by atoms with Crippen molar-refractivity contribution in [3.05, 3.63) is 83.4 Å². The molecule has 0 aromatic heterocycles. The third kappa shape index (κ3) is 5.71. The van der Waals surface area contributed by atoms with Gasteiger partial charge in [0.25, 0.3) is 0 Å². The minimum Gasteiger partial charge on any atom is -0.497 e. The molecule has 7 nitrogen and oxygen atoms in total. The van der Waals surface area contributed by atoms with Crippen LogP contribution in [0.2, 0.25) is 0 Å². The van der Waals surface area contributed by atoms with E-state index in [4.69, 9.17) is 23.7 Å². The molecule has 3 aromatic carbocycles. The summed E-state index contributed by atoms with van der Waals surface area (Å²) in [7, 11) is 6.04. The quantitative estimate of drug-likeness (QED) is 0.201. The molecule has 0 N–H and O–H groups in total. The minimum absolute atomic E-state index is 0.251. The Hall–Kier alpha value is -4.26. The Morgan fingerprint density at radius 1 is 0.697 bits per heavy atom. The molecular weight excluding hydrogens is 424 g/mol. The maximum Gasteiger partial charge on any atom is 0.343 e. The Morgan fingerprint density at radius 2 is 1.42 bits per heavy atom. The van der Waals surface area contributed by atoms with Crippen LogP contribution in [0.4, 0.5) is 0 Å². The van der Waals surface area contributed by atoms with Crippen LogP contribution in [0.5, 0.6) is 28.7 Å². The molecule has 33 heavy (non-hydrogen) atoms. The van der Waals surface area contributed by atoms with Gasteiger partial charge in [-0.15, -0.1) is 0 Å². The number of rotatable bonds is 9. The molecule has 0 saturated carbocycles. The van der Waals surface area contributed by atoms with Crippen molar-refractivity contribution in [2.24, 2.45) is 0 Å². The van der Waals surface area contributed by atoms with Crippen LogP contribution < -0.4 is 23.7 Å². The molecule has 0 aliphatic rings. The summed E-state index contributed by atoms with van der Waals surface area (Å²) in [5, 5.41) is 0. The summed E-state index contributed by atoms with van der Waals surface area (Å²) in [6.07, 6.45) is 3.06. The van der Waals surface area contributed by atoms with Crippen LogP contribution in [0.1, 0.15) is 26.3 Å². The van der Waals surface area contributed by atoms with Crippen molar-refractivity contribution >= 4 is 17.8 Å². The van der Waals surface area contributed by atoms with E-state index in [9.17, 15) is 9.59 Å². The zero-order chi connectivity index (χ0) is 23.8. The van der Waals surface area contributed by atoms with E-state index in [2.05, 4.69) is 0 Å². The first-order valence-electron chi connectivity index (χ1n) is 9.97. The van der Waals surface area contributed by atoms with E-state index < -0.39 is 5.97 Å². The molecule has 0 saturated heterocycles. The van der Waals surface area contributed by atoms with Gasteiger partial charge in [-0.3, -0.25) is 4.79 Å². The van der Waals surface area contributed by atoms with Gasteiger partial charge in [-0.2, -0.15) is 0 Å². The van der Waals surface area contributed by atoms with Crippen LogP contribution >= 0.6 is 0 Å². The number of hydrogen-bond acceptors (Lipinski definition) is 7. The SMILES string of the molecule is COc1ccc(OC)c(C(=O)C=Cc2cccc(OC(=O)c3ccc(OC)c(OC)c3)c2)c1. The van der Waals surface area contributed by atoms with Crippen molar-refractivity contribution in [1.29, 1.82) is 0 Å². The zero-order valence-corrected chi connectivity index (χ0v) is 18.8. The van der Waals surface area contributed by atoms with E-state index in [1.165, 1.54) is 34.5 Å². The summed E-state index contributed by atoms with van der Waals surface area (Å²) >= 11 is 0. The molecule has 0 radical (unpaired) electrons. The Kier molecular flexibility index (Phi) is 7.70. The molecule has 0 spiro atoms. The van der Waals surface area contributed by atoms with Crippen LogP contribution in [-0.2, 0) is 0 Å². The zero-order valence-electron chi connectivity index (χ0n) is 18.8. The smallest absolute Gasteiger partial charge is 0.343 e. The molecule has 3 aromatic rings. The topological polar surface area (TPSA) is 80.3 Å². The molecular formula is C26H24O7. The van der Waals surface area contributed by atoms with E-state index in [1.54, 1.807) is 66.7 Å². The lowest BCUT2D eigenvalue weighted by atomic mass is 10.1. The highest BCUT2D eigenvalue weighted by molar-refractivity contribution is 6.09. The molecule has 0 bridgehead atoms. The highest BCUT2D eigenvalue weighted by atomic mass is 16.5. The van der Waals surface area contributed by atoms with E-state index in [-0.39, 0.29) is 5.78 Å². The molecule has 0 atom stereocenters. The summed E-state index contributed by atoms with van der Waals surface area (Å²) in [5.74, 6) is 1.48. The number of carbonyl (C=O) groups excluding carboxylic acids is 2. The van der Waals surface area contributed by atoms with Crippen LogP contribution in [0.15, 0.2) is 66.7 Å². The lowest BCUT2D eigenvalue weighted by Crippen LogP contribution is -2.09. The Balaban J connectivity index is 1.75. The molecule has 0 fully saturated rings. The van der Waals surface area contributed by atoms with E-state index in [0.29, 0.717) is 45.4 Å². The second-order valence-electron chi connectivity index (χ2n) is 6.80. The second kappa shape index (κ2) is 10.9. The van der Waals surface area contributed by atoms with Crippen molar-refractivity contribution in [2.75, 3.05) is 28.4 Å². The fourth-order valence-electron chi connectivity index (χ4n) is 3.08. The van der Waals surface area contributed by atoms with Gasteiger partial charge in [0.2, 0.25) is 0 Å². The number of carbonyl (C=O) groups is 2. The molecule has 0 amide bonds. The predicted octanol–water partition coefficient (Wildman–Crippen LogP) is 4.84. The van der Waals surface area contributed by atoms with E-state index in [0.717, 1.165) is 0 Å². The summed E-state index contributed by atoms with van der Waals surface area (Å²) in [5.41, 5.74) is 1.38. The van der Waals surface area contributed by atoms with Crippen LogP contribution in [-0.4, -0.2) is 40.2 Å². The van der Waals surface area contributed by atoms with Crippen LogP contribution in [0, 0.1) is 0 Å². The average Bonchev–Trinajstić information content (AvgIpc) is 2.86. The first-order valence-corrected chi connectivity index (χ1v) is 9.97. The molecule has 0 heterocycles. The number of allylic oxidation sites excluding steroid dienone is 1. The third-order valence-corrected chi connectivity index (χ3v) is 4.79. The maximum atomic E-state index is 12.7. The predicted molar refractivity (Wildman–Crippen MR) is 124 cm³/mol. The van der Waals surface area contributed by atoms with Crippen molar-refractivity contribution < 1.29 is 33.3 Å². The Bertz CT molecular complexity index is 1180. The number of ether oxygens (including phenoxy) is 5. The average molecular weight is 448 g/mol. The van der Waals surface area contributed by atoms with Gasteiger partial charge in [-0.1, -0.05) is 18.2 Å². The Labute approximate surface area is 192 Å². The molecule has 3 rings (SSSR count). The molecule has 7 heteroatoms. The van der Waals surface area contributed by atoms with Crippen molar-refractivity contribution in [3.63, 3.8) is 0 Å². The van der Waals surface area contributed by atoms with Gasteiger partial charge in [0, 0.05) is 0 Å². The Morgan fingerprint density at radius 3 is 2.12 bits per heavy atom. The maximum absolute atomic E-state index is 12.7. The first kappa shape index (κ1) is 23.4. The summed E-state index contributed by atoms with van der Waals surface area (Å²) < 4.78 is 26.4. The monoisotopic (exact) mass is 448 g/mol. The third-order valence-electron chi connectivity index (χ3n) is 4.79. The highest BCUT2D eigenvalue weighted by Gasteiger charge is 2.14. The van der Waals surface area contributed by atoms with Gasteiger partial charge in [0.05, 0.1) is 39.6 Å². The summed E-state index contributed by atoms with van der Waals surface area (Å²) in [6.45, 7) is 0. The van der Waals surface area contributed by atoms with Gasteiger partial charge in [-0.05, 0) is 60.2 Å². The lowest BCUT2D eigenvalue weighted by molar-refractivity contribution is 0.0734. The van der Waals surface area contributed by atoms with Gasteiger partial charge in [-0.25, -0.2) is 4.79 Å². The standard InChI is InChI=1S/C26H24O7/c1-29-19-10-13-23(30-2)21(16-19)22(27)11-8-17-6-5-7-20(14-17)33-26(28)18-9-12-24(31-3)25(15-18)32-4/h5-16H,1-4H3. The van der Waals surface area contributed by atoms with Crippen LogP contribution in [0.25, 0.3) is 6.08 Å². The molecule has 170 valence electrons. The minimum atomic E-state index is -0.547. The number of benzene rings is 3. The largest absolute Gasteiger partial charge is 0.497 e. The second-order valence-corrected chi connectivity index (χ2v) is 6.80. The molecule has 0 aliphatic carbocycles. The van der Waals surface area contributed by atoms with Crippen molar-refractivity contribution in [3.8, 4) is 28.7 Å². The fourth-order valence-corrected chi connectivity index (χ4v) is 3.08. The number of methoxy groups -OCH3 is 4. The van der Waals surface area contributed by atoms with Gasteiger partial charge >= 0.3 is 5.97 Å². The van der Waals surface area contributed by atoms with Gasteiger partial charge in [0.1, 0.15) is 17.2 Å². The van der Waals surface area contributed by atoms with Crippen LogP contribution in [0.3, 0.4) is 0 Å². The van der Waals surface area contributed by atoms with Gasteiger partial charge in [0.15, 0.2) is 17.3 Å². The van der Waals surface area contributed by atoms with E-state index >= 15 is 0 Å². The fraction of sp³-hybridized carbons (Fsp3) is 0.154. The molecule has 0 aliphatic heterocycles. The first-order chi connectivity index (χ1) is 16.0. The lowest BCUT2D eigenvalue weighted by Gasteiger charge is -2.10. The normalized spacial score (nSPS) is 10.5. The molecule has 0 unspecified atom stereocenters. The van der Waals surface area contributed by atoms with E-state index in [1.807, 2.05) is 0 Å². The number of hydrogen-bond donors (Lipinski definition) is 0. The summed E-state index contributed by atoms with van der Waals surface area (Å²) in [4.78, 5) is 25.3. The van der Waals surface area contributed by atoms with Gasteiger partial charge < -0.3 is 23.7 Å².